The lowest BCUT2D eigenvalue weighted by Crippen LogP contribution is -2.03. The molecule has 0 fully saturated rings. The highest BCUT2D eigenvalue weighted by Crippen LogP contribution is 2.24. The maximum Gasteiger partial charge on any atom is 0.228 e. The number of amides is 1. The maximum atomic E-state index is 11.6. The summed E-state index contributed by atoms with van der Waals surface area (Å²) in [6.07, 6.45) is 1.82. The molecule has 1 aliphatic heterocycles. The number of nitrogens with one attached hydrogen (secondary N) is 1. The van der Waals surface area contributed by atoms with Gasteiger partial charge in [0, 0.05) is 17.7 Å². The highest BCUT2D eigenvalue weighted by atomic mass is 16.1. The lowest BCUT2D eigenvalue weighted by molar-refractivity contribution is -0.115. The normalized spacial score (nSPS) is 13.5. The number of benzene rings is 1. The van der Waals surface area contributed by atoms with Gasteiger partial charge >= 0.3 is 0 Å². The van der Waals surface area contributed by atoms with Crippen molar-refractivity contribution in [2.45, 2.75) is 26.2 Å². The lowest BCUT2D eigenvalue weighted by Gasteiger charge is -2.02. The van der Waals surface area contributed by atoms with E-state index in [1.165, 1.54) is 0 Å². The van der Waals surface area contributed by atoms with Crippen LogP contribution in [-0.2, 0) is 11.2 Å². The van der Waals surface area contributed by atoms with Crippen LogP contribution in [0.3, 0.4) is 0 Å². The highest BCUT2D eigenvalue weighted by Gasteiger charge is 2.18. The number of carbonyl (C=O) groups excluding carboxylic acids is 2. The van der Waals surface area contributed by atoms with Gasteiger partial charge < -0.3 is 5.32 Å². The Bertz CT molecular complexity index is 424. The van der Waals surface area contributed by atoms with E-state index >= 15 is 0 Å². The molecule has 1 aromatic rings. The van der Waals surface area contributed by atoms with Crippen LogP contribution in [0.25, 0.3) is 0 Å². The van der Waals surface area contributed by atoms with E-state index in [2.05, 4.69) is 5.32 Å². The smallest absolute Gasteiger partial charge is 0.228 e. The summed E-state index contributed by atoms with van der Waals surface area (Å²) in [7, 11) is 0. The molecule has 15 heavy (non-hydrogen) atoms. The average Bonchev–Trinajstić information content (AvgIpc) is 2.57. The topological polar surface area (TPSA) is 46.2 Å². The highest BCUT2D eigenvalue weighted by molar-refractivity contribution is 6.02. The van der Waals surface area contributed by atoms with Crippen molar-refractivity contribution in [1.82, 2.24) is 0 Å². The monoisotopic (exact) mass is 203 g/mol. The molecule has 0 unspecified atom stereocenters. The zero-order valence-electron chi connectivity index (χ0n) is 8.67. The number of hydrogen-bond donors (Lipinski definition) is 1. The standard InChI is InChI=1S/C12H13NO2/c1-2-3-11(14)8-4-5-10-9(6-8)7-12(15)13-10/h4-6H,2-3,7H2,1H3,(H,13,15). The van der Waals surface area contributed by atoms with E-state index in [0.29, 0.717) is 18.4 Å². The summed E-state index contributed by atoms with van der Waals surface area (Å²) < 4.78 is 0. The molecule has 0 saturated carbocycles. The Balaban J connectivity index is 2.27. The molecular formula is C12H13NO2. The number of ketones is 1. The molecule has 1 N–H and O–H groups in total. The molecule has 78 valence electrons. The fourth-order valence-electron chi connectivity index (χ4n) is 1.77. The van der Waals surface area contributed by atoms with E-state index in [-0.39, 0.29) is 11.7 Å². The molecule has 0 aliphatic carbocycles. The molecule has 1 heterocycles. The second-order valence-corrected chi connectivity index (χ2v) is 3.77. The minimum atomic E-state index is 0.00471. The van der Waals surface area contributed by atoms with Crippen molar-refractivity contribution in [3.05, 3.63) is 29.3 Å². The van der Waals surface area contributed by atoms with E-state index in [1.54, 1.807) is 6.07 Å². The van der Waals surface area contributed by atoms with Gasteiger partial charge in [0.2, 0.25) is 5.91 Å². The molecule has 3 heteroatoms. The van der Waals surface area contributed by atoms with E-state index < -0.39 is 0 Å². The molecule has 0 atom stereocenters. The van der Waals surface area contributed by atoms with E-state index in [0.717, 1.165) is 17.7 Å². The van der Waals surface area contributed by atoms with Crippen molar-refractivity contribution in [3.8, 4) is 0 Å². The molecule has 0 saturated heterocycles. The van der Waals surface area contributed by atoms with Crippen molar-refractivity contribution >= 4 is 17.4 Å². The molecule has 0 radical (unpaired) electrons. The first-order chi connectivity index (χ1) is 7.20. The van der Waals surface area contributed by atoms with Crippen LogP contribution >= 0.6 is 0 Å². The summed E-state index contributed by atoms with van der Waals surface area (Å²) in [6, 6.07) is 5.41. The van der Waals surface area contributed by atoms with Crippen molar-refractivity contribution < 1.29 is 9.59 Å². The van der Waals surface area contributed by atoms with Crippen LogP contribution in [0, 0.1) is 0 Å². The SMILES string of the molecule is CCCC(=O)c1ccc2c(c1)CC(=O)N2. The van der Waals surface area contributed by atoms with Crippen LogP contribution in [-0.4, -0.2) is 11.7 Å². The molecule has 0 aromatic heterocycles. The van der Waals surface area contributed by atoms with Crippen LogP contribution in [0.5, 0.6) is 0 Å². The van der Waals surface area contributed by atoms with Crippen molar-refractivity contribution in [2.75, 3.05) is 5.32 Å². The van der Waals surface area contributed by atoms with Gasteiger partial charge in [0.15, 0.2) is 5.78 Å². The minimum Gasteiger partial charge on any atom is -0.326 e. The quantitative estimate of drug-likeness (QED) is 0.765. The molecule has 1 aliphatic rings. The Morgan fingerprint density at radius 2 is 2.27 bits per heavy atom. The zero-order chi connectivity index (χ0) is 10.8. The second-order valence-electron chi connectivity index (χ2n) is 3.77. The first-order valence-corrected chi connectivity index (χ1v) is 5.16. The van der Waals surface area contributed by atoms with Gasteiger partial charge in [0.05, 0.1) is 6.42 Å². The third-order valence-electron chi connectivity index (χ3n) is 2.53. The maximum absolute atomic E-state index is 11.6. The molecule has 3 nitrogen and oxygen atoms in total. The first kappa shape index (κ1) is 9.90. The minimum absolute atomic E-state index is 0.00471. The number of rotatable bonds is 3. The van der Waals surface area contributed by atoms with Gasteiger partial charge in [-0.25, -0.2) is 0 Å². The molecule has 1 amide bonds. The van der Waals surface area contributed by atoms with E-state index in [1.807, 2.05) is 19.1 Å². The predicted molar refractivity (Wildman–Crippen MR) is 58.0 cm³/mol. The number of hydrogen-bond acceptors (Lipinski definition) is 2. The number of carbonyl (C=O) groups is 2. The third kappa shape index (κ3) is 1.91. The molecule has 2 rings (SSSR count). The van der Waals surface area contributed by atoms with Gasteiger partial charge in [-0.05, 0) is 30.2 Å². The summed E-state index contributed by atoms with van der Waals surface area (Å²) in [5, 5.41) is 2.75. The van der Waals surface area contributed by atoms with Gasteiger partial charge in [-0.1, -0.05) is 6.92 Å². The molecular weight excluding hydrogens is 190 g/mol. The van der Waals surface area contributed by atoms with Gasteiger partial charge in [-0.15, -0.1) is 0 Å². The van der Waals surface area contributed by atoms with Crippen LogP contribution in [0.1, 0.15) is 35.7 Å². The summed E-state index contributed by atoms with van der Waals surface area (Å²) in [6.45, 7) is 1.98. The zero-order valence-corrected chi connectivity index (χ0v) is 8.67. The largest absolute Gasteiger partial charge is 0.326 e. The van der Waals surface area contributed by atoms with Crippen LogP contribution in [0.15, 0.2) is 18.2 Å². The fourth-order valence-corrected chi connectivity index (χ4v) is 1.77. The van der Waals surface area contributed by atoms with Gasteiger partial charge in [0.1, 0.15) is 0 Å². The molecule has 1 aromatic carbocycles. The Morgan fingerprint density at radius 1 is 1.47 bits per heavy atom. The third-order valence-corrected chi connectivity index (χ3v) is 2.53. The molecule has 0 spiro atoms. The summed E-state index contributed by atoms with van der Waals surface area (Å²) in [4.78, 5) is 22.7. The number of fused-ring (bicyclic) bond motifs is 1. The predicted octanol–water partition coefficient (Wildman–Crippen LogP) is 2.16. The van der Waals surface area contributed by atoms with E-state index in [9.17, 15) is 9.59 Å². The van der Waals surface area contributed by atoms with Gasteiger partial charge in [-0.2, -0.15) is 0 Å². The Morgan fingerprint density at radius 3 is 3.00 bits per heavy atom. The lowest BCUT2D eigenvalue weighted by atomic mass is 10.0. The van der Waals surface area contributed by atoms with E-state index in [4.69, 9.17) is 0 Å². The number of Topliss-reactive ketones (excluding diaryl/α,β-unsaturated/α-hetero) is 1. The second kappa shape index (κ2) is 3.85. The fraction of sp³-hybridized carbons (Fsp3) is 0.333. The summed E-state index contributed by atoms with van der Waals surface area (Å²) >= 11 is 0. The Labute approximate surface area is 88.5 Å². The van der Waals surface area contributed by atoms with Crippen LogP contribution in [0.2, 0.25) is 0 Å². The molecule has 0 bridgehead atoms. The average molecular weight is 203 g/mol. The first-order valence-electron chi connectivity index (χ1n) is 5.16. The summed E-state index contributed by atoms with van der Waals surface area (Å²) in [5.41, 5.74) is 2.49. The van der Waals surface area contributed by atoms with Crippen molar-refractivity contribution in [1.29, 1.82) is 0 Å². The van der Waals surface area contributed by atoms with Crippen LogP contribution < -0.4 is 5.32 Å². The van der Waals surface area contributed by atoms with Gasteiger partial charge in [0.25, 0.3) is 0 Å². The van der Waals surface area contributed by atoms with Crippen molar-refractivity contribution in [3.63, 3.8) is 0 Å². The Kier molecular flexibility index (Phi) is 2.54. The summed E-state index contributed by atoms with van der Waals surface area (Å²) in [5.74, 6) is 0.157. The van der Waals surface area contributed by atoms with Crippen LogP contribution in [0.4, 0.5) is 5.69 Å². The number of anilines is 1. The Hall–Kier alpha value is -1.64. The van der Waals surface area contributed by atoms with Crippen molar-refractivity contribution in [2.24, 2.45) is 0 Å². The van der Waals surface area contributed by atoms with Gasteiger partial charge in [-0.3, -0.25) is 9.59 Å².